The molecule has 0 aliphatic carbocycles. The van der Waals surface area contributed by atoms with E-state index in [-0.39, 0.29) is 0 Å². The van der Waals surface area contributed by atoms with E-state index in [0.29, 0.717) is 13.2 Å². The van der Waals surface area contributed by atoms with Gasteiger partial charge >= 0.3 is 0 Å². The second kappa shape index (κ2) is 9.09. The van der Waals surface area contributed by atoms with Gasteiger partial charge in [-0.15, -0.1) is 0 Å². The van der Waals surface area contributed by atoms with Gasteiger partial charge in [-0.05, 0) is 37.9 Å². The van der Waals surface area contributed by atoms with Crippen LogP contribution in [0.15, 0.2) is 18.2 Å². The van der Waals surface area contributed by atoms with E-state index in [2.05, 4.69) is 37.4 Å². The summed E-state index contributed by atoms with van der Waals surface area (Å²) in [6.07, 6.45) is 1.04. The third-order valence-electron chi connectivity index (χ3n) is 2.89. The Bertz CT molecular complexity index is 339. The molecule has 3 heteroatoms. The minimum absolute atomic E-state index is 0.677. The Hall–Kier alpha value is -0.900. The van der Waals surface area contributed by atoms with Crippen LogP contribution in [-0.2, 0) is 16.0 Å². The van der Waals surface area contributed by atoms with Crippen molar-refractivity contribution in [2.75, 3.05) is 33.5 Å². The smallest absolute Gasteiger partial charge is 0.0700 e. The predicted octanol–water partition coefficient (Wildman–Crippen LogP) is 2.45. The summed E-state index contributed by atoms with van der Waals surface area (Å²) in [5.41, 5.74) is 4.06. The van der Waals surface area contributed by atoms with Crippen LogP contribution in [0, 0.1) is 13.8 Å². The fourth-order valence-corrected chi connectivity index (χ4v) is 1.76. The van der Waals surface area contributed by atoms with Crippen LogP contribution in [0.4, 0.5) is 0 Å². The van der Waals surface area contributed by atoms with Crippen molar-refractivity contribution in [2.45, 2.75) is 26.8 Å². The van der Waals surface area contributed by atoms with Crippen LogP contribution in [0.3, 0.4) is 0 Å². The molecule has 102 valence electrons. The molecule has 1 aromatic rings. The van der Waals surface area contributed by atoms with Crippen molar-refractivity contribution < 1.29 is 9.47 Å². The first kappa shape index (κ1) is 15.2. The van der Waals surface area contributed by atoms with Crippen molar-refractivity contribution >= 4 is 0 Å². The highest BCUT2D eigenvalue weighted by atomic mass is 16.5. The van der Waals surface area contributed by atoms with E-state index in [1.165, 1.54) is 16.7 Å². The Kier molecular flexibility index (Phi) is 7.65. The fourth-order valence-electron chi connectivity index (χ4n) is 1.76. The summed E-state index contributed by atoms with van der Waals surface area (Å²) >= 11 is 0. The molecule has 18 heavy (non-hydrogen) atoms. The van der Waals surface area contributed by atoms with Crippen LogP contribution in [0.1, 0.15) is 23.1 Å². The molecule has 0 saturated carbocycles. The van der Waals surface area contributed by atoms with E-state index < -0.39 is 0 Å². The molecule has 0 aliphatic rings. The Morgan fingerprint density at radius 1 is 1.11 bits per heavy atom. The average Bonchev–Trinajstić information content (AvgIpc) is 2.36. The van der Waals surface area contributed by atoms with Gasteiger partial charge < -0.3 is 14.8 Å². The van der Waals surface area contributed by atoms with E-state index in [1.807, 2.05) is 0 Å². The summed E-state index contributed by atoms with van der Waals surface area (Å²) in [6.45, 7) is 8.37. The van der Waals surface area contributed by atoms with Gasteiger partial charge in [-0.2, -0.15) is 0 Å². The Morgan fingerprint density at radius 3 is 2.72 bits per heavy atom. The van der Waals surface area contributed by atoms with Crippen molar-refractivity contribution in [2.24, 2.45) is 0 Å². The SMILES string of the molecule is COCCOCCCNCc1cc(C)ccc1C. The monoisotopic (exact) mass is 251 g/mol. The van der Waals surface area contributed by atoms with Crippen LogP contribution >= 0.6 is 0 Å². The molecule has 0 amide bonds. The third-order valence-corrected chi connectivity index (χ3v) is 2.89. The molecule has 0 fully saturated rings. The number of ether oxygens (including phenoxy) is 2. The summed E-state index contributed by atoms with van der Waals surface area (Å²) in [6, 6.07) is 6.58. The van der Waals surface area contributed by atoms with Gasteiger partial charge in [-0.3, -0.25) is 0 Å². The highest BCUT2D eigenvalue weighted by molar-refractivity contribution is 5.30. The van der Waals surface area contributed by atoms with Crippen LogP contribution in [0.2, 0.25) is 0 Å². The quantitative estimate of drug-likeness (QED) is 0.684. The maximum Gasteiger partial charge on any atom is 0.0700 e. The van der Waals surface area contributed by atoms with E-state index in [1.54, 1.807) is 7.11 Å². The van der Waals surface area contributed by atoms with Crippen LogP contribution < -0.4 is 5.32 Å². The van der Waals surface area contributed by atoms with Crippen LogP contribution in [-0.4, -0.2) is 33.5 Å². The summed E-state index contributed by atoms with van der Waals surface area (Å²) in [4.78, 5) is 0. The van der Waals surface area contributed by atoms with Crippen LogP contribution in [0.25, 0.3) is 0 Å². The molecule has 3 nitrogen and oxygen atoms in total. The topological polar surface area (TPSA) is 30.5 Å². The maximum atomic E-state index is 5.40. The second-order valence-electron chi connectivity index (χ2n) is 4.57. The highest BCUT2D eigenvalue weighted by Gasteiger charge is 1.98. The number of aryl methyl sites for hydroxylation is 2. The standard InChI is InChI=1S/C15H25NO2/c1-13-5-6-14(2)15(11-13)12-16-7-4-8-18-10-9-17-3/h5-6,11,16H,4,7-10,12H2,1-3H3. The minimum atomic E-state index is 0.677. The molecule has 0 aliphatic heterocycles. The normalized spacial score (nSPS) is 10.8. The maximum absolute atomic E-state index is 5.40. The van der Waals surface area contributed by atoms with Gasteiger partial charge in [0, 0.05) is 20.3 Å². The highest BCUT2D eigenvalue weighted by Crippen LogP contribution is 2.09. The summed E-state index contributed by atoms with van der Waals surface area (Å²) < 4.78 is 10.3. The van der Waals surface area contributed by atoms with E-state index in [0.717, 1.165) is 26.1 Å². The zero-order valence-corrected chi connectivity index (χ0v) is 11.8. The third kappa shape index (κ3) is 6.15. The van der Waals surface area contributed by atoms with Gasteiger partial charge in [0.1, 0.15) is 0 Å². The largest absolute Gasteiger partial charge is 0.382 e. The number of rotatable bonds is 9. The number of hydrogen-bond acceptors (Lipinski definition) is 3. The molecule has 0 atom stereocenters. The van der Waals surface area contributed by atoms with Gasteiger partial charge in [0.05, 0.1) is 13.2 Å². The molecular weight excluding hydrogens is 226 g/mol. The van der Waals surface area contributed by atoms with Gasteiger partial charge in [0.25, 0.3) is 0 Å². The molecule has 0 radical (unpaired) electrons. The van der Waals surface area contributed by atoms with Gasteiger partial charge in [-0.1, -0.05) is 23.8 Å². The molecule has 1 N–H and O–H groups in total. The lowest BCUT2D eigenvalue weighted by Gasteiger charge is -2.09. The number of benzene rings is 1. The minimum Gasteiger partial charge on any atom is -0.382 e. The molecule has 1 rings (SSSR count). The van der Waals surface area contributed by atoms with Crippen molar-refractivity contribution in [3.05, 3.63) is 34.9 Å². The Labute approximate surface area is 110 Å². The zero-order valence-electron chi connectivity index (χ0n) is 11.8. The molecular formula is C15H25NO2. The molecule has 0 unspecified atom stereocenters. The molecule has 1 aromatic carbocycles. The lowest BCUT2D eigenvalue weighted by molar-refractivity contribution is 0.0695. The first-order valence-corrected chi connectivity index (χ1v) is 6.57. The van der Waals surface area contributed by atoms with E-state index in [9.17, 15) is 0 Å². The molecule has 0 aromatic heterocycles. The van der Waals surface area contributed by atoms with Gasteiger partial charge in [0.15, 0.2) is 0 Å². The second-order valence-corrected chi connectivity index (χ2v) is 4.57. The average molecular weight is 251 g/mol. The molecule has 0 heterocycles. The van der Waals surface area contributed by atoms with Crippen molar-refractivity contribution in [3.8, 4) is 0 Å². The molecule has 0 spiro atoms. The Morgan fingerprint density at radius 2 is 1.94 bits per heavy atom. The lowest BCUT2D eigenvalue weighted by atomic mass is 10.1. The van der Waals surface area contributed by atoms with E-state index >= 15 is 0 Å². The van der Waals surface area contributed by atoms with Crippen molar-refractivity contribution in [1.29, 1.82) is 0 Å². The van der Waals surface area contributed by atoms with Crippen LogP contribution in [0.5, 0.6) is 0 Å². The van der Waals surface area contributed by atoms with E-state index in [4.69, 9.17) is 9.47 Å². The first-order chi connectivity index (χ1) is 8.74. The molecule has 0 bridgehead atoms. The number of nitrogens with one attached hydrogen (secondary N) is 1. The Balaban J connectivity index is 2.09. The molecule has 0 saturated heterocycles. The number of methoxy groups -OCH3 is 1. The first-order valence-electron chi connectivity index (χ1n) is 6.57. The summed E-state index contributed by atoms with van der Waals surface area (Å²) in [5, 5.41) is 3.45. The van der Waals surface area contributed by atoms with Crippen molar-refractivity contribution in [1.82, 2.24) is 5.32 Å². The number of hydrogen-bond donors (Lipinski definition) is 1. The zero-order chi connectivity index (χ0) is 13.2. The summed E-state index contributed by atoms with van der Waals surface area (Å²) in [7, 11) is 1.69. The predicted molar refractivity (Wildman–Crippen MR) is 74.9 cm³/mol. The fraction of sp³-hybridized carbons (Fsp3) is 0.600. The van der Waals surface area contributed by atoms with Gasteiger partial charge in [-0.25, -0.2) is 0 Å². The lowest BCUT2D eigenvalue weighted by Crippen LogP contribution is -2.17. The van der Waals surface area contributed by atoms with Crippen molar-refractivity contribution in [3.63, 3.8) is 0 Å². The van der Waals surface area contributed by atoms with Gasteiger partial charge in [0.2, 0.25) is 0 Å². The summed E-state index contributed by atoms with van der Waals surface area (Å²) in [5.74, 6) is 0.